The molecule has 0 radical (unpaired) electrons. The number of fused-ring (bicyclic) bond motifs is 5. The highest BCUT2D eigenvalue weighted by molar-refractivity contribution is 9.10. The third-order valence-corrected chi connectivity index (χ3v) is 7.41. The number of carbonyl (C=O) groups is 1. The van der Waals surface area contributed by atoms with Crippen molar-refractivity contribution < 1.29 is 4.79 Å². The summed E-state index contributed by atoms with van der Waals surface area (Å²) < 4.78 is 0.928. The first-order valence-corrected chi connectivity index (χ1v) is 8.95. The Morgan fingerprint density at radius 1 is 1.26 bits per heavy atom. The van der Waals surface area contributed by atoms with Crippen molar-refractivity contribution in [2.75, 3.05) is 0 Å². The first-order chi connectivity index (χ1) is 9.24. The van der Waals surface area contributed by atoms with Gasteiger partial charge in [-0.3, -0.25) is 4.79 Å². The molecule has 3 saturated carbocycles. The molecule has 2 bridgehead atoms. The lowest BCUT2D eigenvalue weighted by atomic mass is 9.79. The lowest BCUT2D eigenvalue weighted by Crippen LogP contribution is -2.42. The van der Waals surface area contributed by atoms with Gasteiger partial charge in [-0.15, -0.1) is 11.3 Å². The summed E-state index contributed by atoms with van der Waals surface area (Å²) in [6.07, 6.45) is 6.86. The Labute approximate surface area is 126 Å². The molecule has 0 aromatic carbocycles. The average Bonchev–Trinajstić information content (AvgIpc) is 3.07. The largest absolute Gasteiger partial charge is 0.348 e. The second-order valence-electron chi connectivity index (χ2n) is 6.33. The monoisotopic (exact) mass is 339 g/mol. The van der Waals surface area contributed by atoms with E-state index in [0.717, 1.165) is 33.0 Å². The van der Waals surface area contributed by atoms with Gasteiger partial charge in [0.1, 0.15) is 4.88 Å². The van der Waals surface area contributed by atoms with Gasteiger partial charge in [-0.05, 0) is 76.7 Å². The maximum atomic E-state index is 12.3. The molecule has 4 rings (SSSR count). The summed E-state index contributed by atoms with van der Waals surface area (Å²) >= 11 is 4.97. The molecule has 5 unspecified atom stereocenters. The molecule has 0 saturated heterocycles. The summed E-state index contributed by atoms with van der Waals surface area (Å²) in [5.41, 5.74) is 0. The van der Waals surface area contributed by atoms with Gasteiger partial charge in [-0.25, -0.2) is 0 Å². The molecule has 2 nitrogen and oxygen atoms in total. The topological polar surface area (TPSA) is 29.1 Å². The predicted molar refractivity (Wildman–Crippen MR) is 80.3 cm³/mol. The van der Waals surface area contributed by atoms with Crippen molar-refractivity contribution in [2.24, 2.45) is 23.7 Å². The van der Waals surface area contributed by atoms with E-state index in [-0.39, 0.29) is 5.91 Å². The Kier molecular flexibility index (Phi) is 2.99. The fourth-order valence-electron chi connectivity index (χ4n) is 4.92. The molecule has 1 aromatic rings. The van der Waals surface area contributed by atoms with Crippen LogP contribution in [0.4, 0.5) is 0 Å². The van der Waals surface area contributed by atoms with Gasteiger partial charge in [0.15, 0.2) is 0 Å². The first kappa shape index (κ1) is 12.4. The molecule has 5 atom stereocenters. The Hall–Kier alpha value is -0.350. The third kappa shape index (κ3) is 1.90. The molecule has 3 fully saturated rings. The van der Waals surface area contributed by atoms with E-state index in [0.29, 0.717) is 6.04 Å². The Morgan fingerprint density at radius 2 is 2.11 bits per heavy atom. The smallest absolute Gasteiger partial charge is 0.262 e. The molecule has 3 aliphatic carbocycles. The summed E-state index contributed by atoms with van der Waals surface area (Å²) in [6.45, 7) is 0. The third-order valence-electron chi connectivity index (χ3n) is 5.57. The van der Waals surface area contributed by atoms with Gasteiger partial charge in [0.2, 0.25) is 0 Å². The highest BCUT2D eigenvalue weighted by Crippen LogP contribution is 2.58. The van der Waals surface area contributed by atoms with E-state index in [1.807, 2.05) is 11.4 Å². The van der Waals surface area contributed by atoms with Crippen LogP contribution in [0.25, 0.3) is 0 Å². The molecular weight excluding hydrogens is 322 g/mol. The second-order valence-corrected chi connectivity index (χ2v) is 8.10. The van der Waals surface area contributed by atoms with E-state index >= 15 is 0 Å². The van der Waals surface area contributed by atoms with E-state index < -0.39 is 0 Å². The van der Waals surface area contributed by atoms with Crippen molar-refractivity contribution in [3.63, 3.8) is 0 Å². The summed E-state index contributed by atoms with van der Waals surface area (Å²) in [5.74, 6) is 3.69. The summed E-state index contributed by atoms with van der Waals surface area (Å²) in [4.78, 5) is 13.1. The molecule has 1 amide bonds. The maximum absolute atomic E-state index is 12.3. The van der Waals surface area contributed by atoms with Gasteiger partial charge in [0, 0.05) is 10.5 Å². The Balaban J connectivity index is 1.48. The van der Waals surface area contributed by atoms with E-state index in [4.69, 9.17) is 0 Å². The summed E-state index contributed by atoms with van der Waals surface area (Å²) in [7, 11) is 0. The number of amides is 1. The minimum Gasteiger partial charge on any atom is -0.348 e. The van der Waals surface area contributed by atoms with E-state index in [1.165, 1.54) is 43.4 Å². The van der Waals surface area contributed by atoms with Crippen LogP contribution in [0.15, 0.2) is 15.9 Å². The normalized spacial score (nSPS) is 39.5. The Morgan fingerprint density at radius 3 is 2.89 bits per heavy atom. The number of thiophene rings is 1. The minimum atomic E-state index is 0.119. The molecule has 4 heteroatoms. The maximum Gasteiger partial charge on any atom is 0.262 e. The molecule has 3 aliphatic rings. The van der Waals surface area contributed by atoms with Crippen LogP contribution in [0.5, 0.6) is 0 Å². The van der Waals surface area contributed by atoms with Crippen molar-refractivity contribution in [1.82, 2.24) is 5.32 Å². The van der Waals surface area contributed by atoms with Crippen molar-refractivity contribution in [1.29, 1.82) is 0 Å². The fraction of sp³-hybridized carbons (Fsp3) is 0.667. The van der Waals surface area contributed by atoms with E-state index in [1.54, 1.807) is 0 Å². The van der Waals surface area contributed by atoms with E-state index in [2.05, 4.69) is 21.2 Å². The van der Waals surface area contributed by atoms with Crippen LogP contribution in [0, 0.1) is 23.7 Å². The van der Waals surface area contributed by atoms with Gasteiger partial charge in [0.05, 0.1) is 0 Å². The standard InChI is InChI=1S/C15H18BrNOS/c16-12-4-5-19-14(12)15(18)17-13-7-8-6-11(13)10-3-1-2-9(8)10/h4-5,8-11,13H,1-3,6-7H2,(H,17,18). The van der Waals surface area contributed by atoms with Crippen LogP contribution in [-0.4, -0.2) is 11.9 Å². The van der Waals surface area contributed by atoms with Crippen molar-refractivity contribution in [3.8, 4) is 0 Å². The zero-order chi connectivity index (χ0) is 13.0. The highest BCUT2D eigenvalue weighted by atomic mass is 79.9. The average molecular weight is 340 g/mol. The number of carbonyl (C=O) groups excluding carboxylic acids is 1. The van der Waals surface area contributed by atoms with Crippen LogP contribution in [0.2, 0.25) is 0 Å². The predicted octanol–water partition coefficient (Wildman–Crippen LogP) is 4.07. The molecule has 19 heavy (non-hydrogen) atoms. The minimum absolute atomic E-state index is 0.119. The fourth-order valence-corrected chi connectivity index (χ4v) is 6.38. The summed E-state index contributed by atoms with van der Waals surface area (Å²) in [5, 5.41) is 5.27. The molecule has 1 aromatic heterocycles. The molecule has 0 aliphatic heterocycles. The number of halogens is 1. The lowest BCUT2D eigenvalue weighted by molar-refractivity contribution is 0.0904. The Bertz CT molecular complexity index is 514. The number of rotatable bonds is 2. The molecule has 1 heterocycles. The van der Waals surface area contributed by atoms with Crippen LogP contribution < -0.4 is 5.32 Å². The molecular formula is C15H18BrNOS. The molecule has 1 N–H and O–H groups in total. The molecule has 102 valence electrons. The quantitative estimate of drug-likeness (QED) is 0.864. The highest BCUT2D eigenvalue weighted by Gasteiger charge is 2.54. The van der Waals surface area contributed by atoms with Crippen LogP contribution in [0.1, 0.15) is 41.8 Å². The summed E-state index contributed by atoms with van der Waals surface area (Å²) in [6, 6.07) is 2.39. The van der Waals surface area contributed by atoms with Crippen LogP contribution >= 0.6 is 27.3 Å². The van der Waals surface area contributed by atoms with Gasteiger partial charge in [0.25, 0.3) is 5.91 Å². The number of nitrogens with one attached hydrogen (secondary N) is 1. The first-order valence-electron chi connectivity index (χ1n) is 7.28. The molecule has 0 spiro atoms. The lowest BCUT2D eigenvalue weighted by Gasteiger charge is -2.32. The number of hydrogen-bond donors (Lipinski definition) is 1. The SMILES string of the molecule is O=C(NC1CC2CC1C1CCCC21)c1sccc1Br. The number of hydrogen-bond acceptors (Lipinski definition) is 2. The van der Waals surface area contributed by atoms with Gasteiger partial charge in [-0.1, -0.05) is 6.42 Å². The van der Waals surface area contributed by atoms with Gasteiger partial charge >= 0.3 is 0 Å². The second kappa shape index (κ2) is 4.59. The van der Waals surface area contributed by atoms with Crippen LogP contribution in [0.3, 0.4) is 0 Å². The van der Waals surface area contributed by atoms with Crippen molar-refractivity contribution in [2.45, 2.75) is 38.1 Å². The van der Waals surface area contributed by atoms with Gasteiger partial charge < -0.3 is 5.32 Å². The van der Waals surface area contributed by atoms with Crippen molar-refractivity contribution >= 4 is 33.2 Å². The zero-order valence-electron chi connectivity index (χ0n) is 10.8. The van der Waals surface area contributed by atoms with Crippen molar-refractivity contribution in [3.05, 3.63) is 20.8 Å². The van der Waals surface area contributed by atoms with Crippen LogP contribution in [-0.2, 0) is 0 Å². The van der Waals surface area contributed by atoms with Gasteiger partial charge in [-0.2, -0.15) is 0 Å². The van der Waals surface area contributed by atoms with E-state index in [9.17, 15) is 4.79 Å². The zero-order valence-corrected chi connectivity index (χ0v) is 13.2.